The first-order chi connectivity index (χ1) is 7.04. The molecule has 2 aliphatic rings. The average molecular weight is 232 g/mol. The number of fused-ring (bicyclic) bond motifs is 1. The van der Waals surface area contributed by atoms with Gasteiger partial charge in [0.15, 0.2) is 0 Å². The van der Waals surface area contributed by atoms with Crippen LogP contribution in [0.2, 0.25) is 0 Å². The second-order valence-corrected chi connectivity index (χ2v) is 7.11. The van der Waals surface area contributed by atoms with Crippen LogP contribution in [0.3, 0.4) is 0 Å². The Morgan fingerprint density at radius 1 is 1.40 bits per heavy atom. The Balaban J connectivity index is 1.81. The van der Waals surface area contributed by atoms with Gasteiger partial charge < -0.3 is 10.2 Å². The zero-order valence-corrected chi connectivity index (χ0v) is 10.1. The fourth-order valence-corrected chi connectivity index (χ4v) is 3.20. The van der Waals surface area contributed by atoms with Gasteiger partial charge in [0.05, 0.1) is 5.75 Å². The van der Waals surface area contributed by atoms with Gasteiger partial charge in [-0.15, -0.1) is 0 Å². The van der Waals surface area contributed by atoms with Crippen LogP contribution >= 0.6 is 0 Å². The molecule has 88 valence electrons. The summed E-state index contributed by atoms with van der Waals surface area (Å²) >= 11 is 0. The average Bonchev–Trinajstić information content (AvgIpc) is 2.56. The van der Waals surface area contributed by atoms with Crippen molar-refractivity contribution in [3.8, 4) is 0 Å². The molecule has 2 saturated heterocycles. The Kier molecular flexibility index (Phi) is 3.33. The number of piperidine rings is 1. The highest BCUT2D eigenvalue weighted by atomic mass is 32.2. The molecular weight excluding hydrogens is 212 g/mol. The molecule has 2 aliphatic heterocycles. The third-order valence-corrected chi connectivity index (χ3v) is 4.38. The molecule has 0 aromatic rings. The fraction of sp³-hybridized carbons (Fsp3) is 1.00. The molecule has 0 aromatic carbocycles. The summed E-state index contributed by atoms with van der Waals surface area (Å²) in [6.45, 7) is 3.93. The van der Waals surface area contributed by atoms with E-state index in [2.05, 4.69) is 10.2 Å². The molecule has 2 heterocycles. The lowest BCUT2D eigenvalue weighted by atomic mass is 9.94. The van der Waals surface area contributed by atoms with Crippen LogP contribution in [-0.4, -0.2) is 57.5 Å². The van der Waals surface area contributed by atoms with E-state index in [0.29, 0.717) is 18.3 Å². The number of hydrogen-bond acceptors (Lipinski definition) is 4. The van der Waals surface area contributed by atoms with E-state index in [-0.39, 0.29) is 0 Å². The van der Waals surface area contributed by atoms with E-state index in [1.165, 1.54) is 19.1 Å². The SMILES string of the molecule is CS(=O)(=O)CCN1CC2CCCNC2C1. The Bertz CT molecular complexity index is 301. The van der Waals surface area contributed by atoms with Gasteiger partial charge in [-0.25, -0.2) is 8.42 Å². The number of rotatable bonds is 3. The molecule has 0 saturated carbocycles. The first-order valence-electron chi connectivity index (χ1n) is 5.68. The molecule has 2 fully saturated rings. The molecule has 2 unspecified atom stereocenters. The van der Waals surface area contributed by atoms with Crippen LogP contribution in [-0.2, 0) is 9.84 Å². The smallest absolute Gasteiger partial charge is 0.148 e. The normalized spacial score (nSPS) is 32.9. The second kappa shape index (κ2) is 4.39. The summed E-state index contributed by atoms with van der Waals surface area (Å²) in [5.41, 5.74) is 0. The minimum absolute atomic E-state index is 0.298. The van der Waals surface area contributed by atoms with Crippen molar-refractivity contribution < 1.29 is 8.42 Å². The van der Waals surface area contributed by atoms with Gasteiger partial charge in [-0.2, -0.15) is 0 Å². The maximum absolute atomic E-state index is 11.1. The number of sulfone groups is 1. The summed E-state index contributed by atoms with van der Waals surface area (Å²) in [5, 5.41) is 3.52. The van der Waals surface area contributed by atoms with Crippen molar-refractivity contribution in [3.05, 3.63) is 0 Å². The van der Waals surface area contributed by atoms with Crippen molar-refractivity contribution in [2.45, 2.75) is 18.9 Å². The maximum atomic E-state index is 11.1. The molecule has 2 rings (SSSR count). The zero-order valence-electron chi connectivity index (χ0n) is 9.28. The molecule has 0 bridgehead atoms. The van der Waals surface area contributed by atoms with Gasteiger partial charge >= 0.3 is 0 Å². The van der Waals surface area contributed by atoms with E-state index in [9.17, 15) is 8.42 Å². The number of hydrogen-bond donors (Lipinski definition) is 1. The van der Waals surface area contributed by atoms with Crippen molar-refractivity contribution >= 4 is 9.84 Å². The summed E-state index contributed by atoms with van der Waals surface area (Å²) in [4.78, 5) is 2.29. The molecule has 4 nitrogen and oxygen atoms in total. The monoisotopic (exact) mass is 232 g/mol. The molecule has 0 spiro atoms. The Morgan fingerprint density at radius 2 is 2.20 bits per heavy atom. The van der Waals surface area contributed by atoms with E-state index < -0.39 is 9.84 Å². The van der Waals surface area contributed by atoms with Crippen LogP contribution in [0.4, 0.5) is 0 Å². The summed E-state index contributed by atoms with van der Waals surface area (Å²) in [6, 6.07) is 0.610. The molecule has 0 radical (unpaired) electrons. The predicted molar refractivity (Wildman–Crippen MR) is 60.7 cm³/mol. The molecular formula is C10H20N2O2S. The largest absolute Gasteiger partial charge is 0.312 e. The van der Waals surface area contributed by atoms with Crippen LogP contribution in [0.25, 0.3) is 0 Å². The van der Waals surface area contributed by atoms with Gasteiger partial charge in [0.1, 0.15) is 9.84 Å². The van der Waals surface area contributed by atoms with E-state index in [0.717, 1.165) is 25.6 Å². The van der Waals surface area contributed by atoms with Gasteiger partial charge in [-0.05, 0) is 25.3 Å². The fourth-order valence-electron chi connectivity index (χ4n) is 2.61. The summed E-state index contributed by atoms with van der Waals surface area (Å²) in [5.74, 6) is 1.05. The van der Waals surface area contributed by atoms with Gasteiger partial charge in [-0.1, -0.05) is 0 Å². The first-order valence-corrected chi connectivity index (χ1v) is 7.74. The molecule has 0 aliphatic carbocycles. The first kappa shape index (κ1) is 11.4. The molecule has 0 aromatic heterocycles. The van der Waals surface area contributed by atoms with Gasteiger partial charge in [0, 0.05) is 31.9 Å². The summed E-state index contributed by atoms with van der Waals surface area (Å²) < 4.78 is 22.1. The van der Waals surface area contributed by atoms with Crippen molar-refractivity contribution in [2.24, 2.45) is 5.92 Å². The van der Waals surface area contributed by atoms with Crippen LogP contribution in [0.1, 0.15) is 12.8 Å². The minimum atomic E-state index is -2.81. The van der Waals surface area contributed by atoms with Crippen molar-refractivity contribution in [3.63, 3.8) is 0 Å². The van der Waals surface area contributed by atoms with Gasteiger partial charge in [-0.3, -0.25) is 0 Å². The zero-order chi connectivity index (χ0) is 10.9. The maximum Gasteiger partial charge on any atom is 0.148 e. The van der Waals surface area contributed by atoms with Crippen LogP contribution in [0.15, 0.2) is 0 Å². The number of nitrogens with zero attached hydrogens (tertiary/aromatic N) is 1. The lowest BCUT2D eigenvalue weighted by Crippen LogP contribution is -2.40. The number of nitrogens with one attached hydrogen (secondary N) is 1. The minimum Gasteiger partial charge on any atom is -0.312 e. The van der Waals surface area contributed by atoms with Crippen molar-refractivity contribution in [1.82, 2.24) is 10.2 Å². The van der Waals surface area contributed by atoms with E-state index in [1.54, 1.807) is 0 Å². The summed E-state index contributed by atoms with van der Waals surface area (Å²) in [7, 11) is -2.81. The van der Waals surface area contributed by atoms with E-state index in [1.807, 2.05) is 0 Å². The third-order valence-electron chi connectivity index (χ3n) is 3.45. The molecule has 5 heteroatoms. The van der Waals surface area contributed by atoms with Crippen LogP contribution < -0.4 is 5.32 Å². The summed E-state index contributed by atoms with van der Waals surface area (Å²) in [6.07, 6.45) is 3.88. The predicted octanol–water partition coefficient (Wildman–Crippen LogP) is -0.285. The Hall–Kier alpha value is -0.130. The number of likely N-dealkylation sites (tertiary alicyclic amines) is 1. The van der Waals surface area contributed by atoms with Crippen LogP contribution in [0, 0.1) is 5.92 Å². The Morgan fingerprint density at radius 3 is 2.87 bits per heavy atom. The molecule has 2 atom stereocenters. The molecule has 1 N–H and O–H groups in total. The highest BCUT2D eigenvalue weighted by molar-refractivity contribution is 7.90. The topological polar surface area (TPSA) is 49.4 Å². The van der Waals surface area contributed by atoms with Gasteiger partial charge in [0.25, 0.3) is 0 Å². The van der Waals surface area contributed by atoms with Crippen LogP contribution in [0.5, 0.6) is 0 Å². The lowest BCUT2D eigenvalue weighted by Gasteiger charge is -2.24. The highest BCUT2D eigenvalue weighted by Crippen LogP contribution is 2.24. The highest BCUT2D eigenvalue weighted by Gasteiger charge is 2.33. The van der Waals surface area contributed by atoms with Gasteiger partial charge in [0.2, 0.25) is 0 Å². The second-order valence-electron chi connectivity index (χ2n) is 4.85. The third kappa shape index (κ3) is 3.16. The van der Waals surface area contributed by atoms with E-state index in [4.69, 9.17) is 0 Å². The molecule has 0 amide bonds. The van der Waals surface area contributed by atoms with Crippen molar-refractivity contribution in [1.29, 1.82) is 0 Å². The Labute approximate surface area is 91.9 Å². The quantitative estimate of drug-likeness (QED) is 0.727. The lowest BCUT2D eigenvalue weighted by molar-refractivity contribution is 0.331. The van der Waals surface area contributed by atoms with E-state index >= 15 is 0 Å². The standard InChI is InChI=1S/C10H20N2O2S/c1-15(13,14)6-5-12-7-9-3-2-4-11-10(9)8-12/h9-11H,2-8H2,1H3. The molecule has 15 heavy (non-hydrogen) atoms. The van der Waals surface area contributed by atoms with Crippen molar-refractivity contribution in [2.75, 3.05) is 38.2 Å².